The summed E-state index contributed by atoms with van der Waals surface area (Å²) in [6.07, 6.45) is 4.74. The summed E-state index contributed by atoms with van der Waals surface area (Å²) in [6.45, 7) is 4.88. The molecule has 1 unspecified atom stereocenters. The zero-order chi connectivity index (χ0) is 14.6. The normalized spacial score (nSPS) is 20.1. The van der Waals surface area contributed by atoms with Crippen LogP contribution in [0.25, 0.3) is 0 Å². The van der Waals surface area contributed by atoms with E-state index in [4.69, 9.17) is 0 Å². The molecule has 0 saturated carbocycles. The SMILES string of the molecule is CCNCC1CCCCN1c1ccccc1S(C)(=O)=O. The molecule has 0 bridgehead atoms. The molecule has 1 atom stereocenters. The summed E-state index contributed by atoms with van der Waals surface area (Å²) >= 11 is 0. The number of para-hydroxylation sites is 1. The molecule has 1 fully saturated rings. The predicted octanol–water partition coefficient (Wildman–Crippen LogP) is 2.06. The highest BCUT2D eigenvalue weighted by Crippen LogP contribution is 2.30. The van der Waals surface area contributed by atoms with Crippen LogP contribution in [0.1, 0.15) is 26.2 Å². The minimum absolute atomic E-state index is 0.381. The van der Waals surface area contributed by atoms with Crippen LogP contribution in [0.3, 0.4) is 0 Å². The van der Waals surface area contributed by atoms with Crippen LogP contribution in [0.4, 0.5) is 5.69 Å². The number of benzene rings is 1. The molecule has 1 aliphatic rings. The Balaban J connectivity index is 2.33. The molecule has 0 radical (unpaired) electrons. The van der Waals surface area contributed by atoms with E-state index in [1.807, 2.05) is 12.1 Å². The third-order valence-electron chi connectivity index (χ3n) is 3.83. The van der Waals surface area contributed by atoms with Crippen molar-refractivity contribution in [2.45, 2.75) is 37.1 Å². The molecular weight excluding hydrogens is 272 g/mol. The van der Waals surface area contributed by atoms with Crippen molar-refractivity contribution in [3.05, 3.63) is 24.3 Å². The highest BCUT2D eigenvalue weighted by molar-refractivity contribution is 7.90. The number of anilines is 1. The summed E-state index contributed by atoms with van der Waals surface area (Å²) in [5, 5.41) is 3.38. The Morgan fingerprint density at radius 1 is 1.30 bits per heavy atom. The number of hydrogen-bond acceptors (Lipinski definition) is 4. The highest BCUT2D eigenvalue weighted by Gasteiger charge is 2.26. The smallest absolute Gasteiger partial charge is 0.177 e. The molecule has 2 rings (SSSR count). The van der Waals surface area contributed by atoms with Gasteiger partial charge in [-0.15, -0.1) is 0 Å². The molecule has 1 aromatic carbocycles. The van der Waals surface area contributed by atoms with Crippen molar-refractivity contribution in [3.8, 4) is 0 Å². The number of piperidine rings is 1. The fourth-order valence-corrected chi connectivity index (χ4v) is 3.74. The Morgan fingerprint density at radius 3 is 2.75 bits per heavy atom. The lowest BCUT2D eigenvalue weighted by Crippen LogP contribution is -2.46. The van der Waals surface area contributed by atoms with Crippen LogP contribution in [0.5, 0.6) is 0 Å². The Morgan fingerprint density at radius 2 is 2.05 bits per heavy atom. The zero-order valence-corrected chi connectivity index (χ0v) is 13.1. The van der Waals surface area contributed by atoms with Gasteiger partial charge in [-0.1, -0.05) is 19.1 Å². The van der Waals surface area contributed by atoms with Crippen molar-refractivity contribution in [1.82, 2.24) is 5.32 Å². The number of hydrogen-bond donors (Lipinski definition) is 1. The number of likely N-dealkylation sites (N-methyl/N-ethyl adjacent to an activating group) is 1. The molecular formula is C15H24N2O2S. The van der Waals surface area contributed by atoms with Crippen LogP contribution in [0, 0.1) is 0 Å². The first-order valence-corrected chi connectivity index (χ1v) is 9.19. The molecule has 5 heteroatoms. The average Bonchev–Trinajstić information content (AvgIpc) is 2.44. The van der Waals surface area contributed by atoms with E-state index in [1.54, 1.807) is 12.1 Å². The first kappa shape index (κ1) is 15.3. The lowest BCUT2D eigenvalue weighted by atomic mass is 10.0. The summed E-state index contributed by atoms with van der Waals surface area (Å²) < 4.78 is 23.9. The topological polar surface area (TPSA) is 49.4 Å². The van der Waals surface area contributed by atoms with Gasteiger partial charge in [-0.3, -0.25) is 0 Å². The summed E-state index contributed by atoms with van der Waals surface area (Å²) in [7, 11) is -3.19. The number of nitrogens with one attached hydrogen (secondary N) is 1. The van der Waals surface area contributed by atoms with Crippen LogP contribution < -0.4 is 10.2 Å². The maximum atomic E-state index is 12.0. The van der Waals surface area contributed by atoms with E-state index in [1.165, 1.54) is 12.7 Å². The Labute approximate surface area is 122 Å². The largest absolute Gasteiger partial charge is 0.366 e. The molecule has 1 aromatic rings. The zero-order valence-electron chi connectivity index (χ0n) is 12.3. The van der Waals surface area contributed by atoms with E-state index in [9.17, 15) is 8.42 Å². The summed E-state index contributed by atoms with van der Waals surface area (Å²) in [5.41, 5.74) is 0.859. The van der Waals surface area contributed by atoms with Gasteiger partial charge in [0.25, 0.3) is 0 Å². The van der Waals surface area contributed by atoms with Crippen LogP contribution in [0.15, 0.2) is 29.2 Å². The van der Waals surface area contributed by atoms with Crippen LogP contribution >= 0.6 is 0 Å². The van der Waals surface area contributed by atoms with Crippen molar-refractivity contribution in [2.24, 2.45) is 0 Å². The third kappa shape index (κ3) is 3.52. The quantitative estimate of drug-likeness (QED) is 0.903. The van der Waals surface area contributed by atoms with E-state index < -0.39 is 9.84 Å². The first-order chi connectivity index (χ1) is 9.54. The van der Waals surface area contributed by atoms with Gasteiger partial charge in [-0.05, 0) is 37.9 Å². The van der Waals surface area contributed by atoms with Crippen molar-refractivity contribution >= 4 is 15.5 Å². The number of nitrogens with zero attached hydrogens (tertiary/aromatic N) is 1. The first-order valence-electron chi connectivity index (χ1n) is 7.30. The second-order valence-electron chi connectivity index (χ2n) is 5.39. The second-order valence-corrected chi connectivity index (χ2v) is 7.37. The van der Waals surface area contributed by atoms with Crippen LogP contribution in [-0.2, 0) is 9.84 Å². The molecule has 0 aromatic heterocycles. The van der Waals surface area contributed by atoms with Gasteiger partial charge in [0.2, 0.25) is 0 Å². The second kappa shape index (κ2) is 6.59. The standard InChI is InChI=1S/C15H24N2O2S/c1-3-16-12-13-8-6-7-11-17(13)14-9-4-5-10-15(14)20(2,18)19/h4-5,9-10,13,16H,3,6-8,11-12H2,1-2H3. The Kier molecular flexibility index (Phi) is 5.05. The molecule has 0 aliphatic carbocycles. The van der Waals surface area contributed by atoms with E-state index in [-0.39, 0.29) is 0 Å². The monoisotopic (exact) mass is 296 g/mol. The van der Waals surface area contributed by atoms with Gasteiger partial charge in [0.1, 0.15) is 0 Å². The molecule has 1 saturated heterocycles. The fourth-order valence-electron chi connectivity index (χ4n) is 2.85. The summed E-state index contributed by atoms with van der Waals surface area (Å²) in [5.74, 6) is 0. The van der Waals surface area contributed by atoms with Gasteiger partial charge in [0.15, 0.2) is 9.84 Å². The third-order valence-corrected chi connectivity index (χ3v) is 4.98. The average molecular weight is 296 g/mol. The van der Waals surface area contributed by atoms with E-state index in [0.717, 1.165) is 38.2 Å². The van der Waals surface area contributed by atoms with Crippen molar-refractivity contribution in [2.75, 3.05) is 30.8 Å². The van der Waals surface area contributed by atoms with Crippen LogP contribution in [0.2, 0.25) is 0 Å². The van der Waals surface area contributed by atoms with Gasteiger partial charge < -0.3 is 10.2 Å². The molecule has 1 heterocycles. The highest BCUT2D eigenvalue weighted by atomic mass is 32.2. The molecule has 1 aliphatic heterocycles. The summed E-state index contributed by atoms with van der Waals surface area (Å²) in [4.78, 5) is 2.71. The Bertz CT molecular complexity index is 543. The van der Waals surface area contributed by atoms with Gasteiger partial charge >= 0.3 is 0 Å². The fraction of sp³-hybridized carbons (Fsp3) is 0.600. The van der Waals surface area contributed by atoms with Crippen molar-refractivity contribution < 1.29 is 8.42 Å². The molecule has 4 nitrogen and oxygen atoms in total. The van der Waals surface area contributed by atoms with Crippen molar-refractivity contribution in [1.29, 1.82) is 0 Å². The number of rotatable bonds is 5. The van der Waals surface area contributed by atoms with Gasteiger partial charge in [-0.25, -0.2) is 8.42 Å². The van der Waals surface area contributed by atoms with E-state index in [2.05, 4.69) is 17.1 Å². The lowest BCUT2D eigenvalue weighted by Gasteiger charge is -2.38. The predicted molar refractivity (Wildman–Crippen MR) is 83.1 cm³/mol. The maximum Gasteiger partial charge on any atom is 0.177 e. The van der Waals surface area contributed by atoms with E-state index in [0.29, 0.717) is 10.9 Å². The van der Waals surface area contributed by atoms with E-state index >= 15 is 0 Å². The maximum absolute atomic E-state index is 12.0. The molecule has 0 amide bonds. The van der Waals surface area contributed by atoms with Gasteiger partial charge in [0, 0.05) is 25.4 Å². The number of sulfone groups is 1. The summed E-state index contributed by atoms with van der Waals surface area (Å²) in [6, 6.07) is 7.74. The lowest BCUT2D eigenvalue weighted by molar-refractivity contribution is 0.437. The molecule has 112 valence electrons. The van der Waals surface area contributed by atoms with Gasteiger partial charge in [0.05, 0.1) is 10.6 Å². The minimum Gasteiger partial charge on any atom is -0.366 e. The van der Waals surface area contributed by atoms with Crippen LogP contribution in [-0.4, -0.2) is 40.3 Å². The van der Waals surface area contributed by atoms with Gasteiger partial charge in [-0.2, -0.15) is 0 Å². The molecule has 1 N–H and O–H groups in total. The van der Waals surface area contributed by atoms with Crippen molar-refractivity contribution in [3.63, 3.8) is 0 Å². The Hall–Kier alpha value is -1.07. The minimum atomic E-state index is -3.19. The molecule has 0 spiro atoms. The molecule has 20 heavy (non-hydrogen) atoms.